The smallest absolute Gasteiger partial charge is 0.289 e. The fourth-order valence-corrected chi connectivity index (χ4v) is 1.95. The Balaban J connectivity index is 2.36. The zero-order valence-electron chi connectivity index (χ0n) is 11.6. The molecule has 2 aromatic carbocycles. The van der Waals surface area contributed by atoms with Gasteiger partial charge in [0.2, 0.25) is 0 Å². The van der Waals surface area contributed by atoms with Gasteiger partial charge in [-0.25, -0.2) is 4.39 Å². The summed E-state index contributed by atoms with van der Waals surface area (Å²) in [5.74, 6) is -1.66. The van der Waals surface area contributed by atoms with Crippen molar-refractivity contribution in [1.29, 1.82) is 0 Å². The van der Waals surface area contributed by atoms with Crippen molar-refractivity contribution in [2.45, 2.75) is 13.1 Å². The fraction of sp³-hybridized carbons (Fsp3) is 0.118. The van der Waals surface area contributed by atoms with Crippen LogP contribution in [-0.2, 0) is 6.18 Å². The molecule has 0 bridgehead atoms. The van der Waals surface area contributed by atoms with E-state index in [9.17, 15) is 22.4 Å². The van der Waals surface area contributed by atoms with E-state index in [1.165, 1.54) is 19.1 Å². The molecule has 0 heterocycles. The second-order valence-corrected chi connectivity index (χ2v) is 4.75. The molecule has 0 atom stereocenters. The van der Waals surface area contributed by atoms with Crippen LogP contribution in [0, 0.1) is 5.82 Å². The van der Waals surface area contributed by atoms with Gasteiger partial charge in [0, 0.05) is 5.56 Å². The Labute approximate surface area is 124 Å². The maximum atomic E-state index is 13.3. The zero-order chi connectivity index (χ0) is 16.3. The highest BCUT2D eigenvalue weighted by atomic mass is 19.4. The number of alkyl halides is 3. The molecule has 0 aromatic heterocycles. The van der Waals surface area contributed by atoms with Crippen LogP contribution in [0.4, 0.5) is 17.6 Å². The van der Waals surface area contributed by atoms with Crippen molar-refractivity contribution in [3.63, 3.8) is 0 Å². The van der Waals surface area contributed by atoms with E-state index in [0.717, 1.165) is 6.07 Å². The molecule has 0 aliphatic heterocycles. The molecule has 0 saturated carbocycles. The van der Waals surface area contributed by atoms with Gasteiger partial charge >= 0.3 is 6.18 Å². The molecular weight excluding hydrogens is 296 g/mol. The largest absolute Gasteiger partial charge is 0.419 e. The van der Waals surface area contributed by atoms with Gasteiger partial charge in [0.25, 0.3) is 0 Å². The number of rotatable bonds is 3. The predicted molar refractivity (Wildman–Crippen MR) is 75.8 cm³/mol. The Morgan fingerprint density at radius 1 is 1.00 bits per heavy atom. The minimum Gasteiger partial charge on any atom is -0.289 e. The summed E-state index contributed by atoms with van der Waals surface area (Å²) in [6, 6.07) is 11.0. The molecule has 1 nitrogen and oxygen atoms in total. The SMILES string of the molecule is C/C(=C\C(=O)c1ccccc1)c1ccc(F)c(C(F)(F)F)c1. The Hall–Kier alpha value is -2.43. The first kappa shape index (κ1) is 15.9. The van der Waals surface area contributed by atoms with Crippen LogP contribution in [0.2, 0.25) is 0 Å². The van der Waals surface area contributed by atoms with Gasteiger partial charge in [-0.2, -0.15) is 13.2 Å². The normalized spacial score (nSPS) is 12.3. The van der Waals surface area contributed by atoms with Gasteiger partial charge in [0.1, 0.15) is 5.82 Å². The number of benzene rings is 2. The third-order valence-electron chi connectivity index (χ3n) is 3.13. The van der Waals surface area contributed by atoms with Crippen molar-refractivity contribution in [1.82, 2.24) is 0 Å². The van der Waals surface area contributed by atoms with Gasteiger partial charge in [0.15, 0.2) is 5.78 Å². The Morgan fingerprint density at radius 3 is 2.23 bits per heavy atom. The highest BCUT2D eigenvalue weighted by Gasteiger charge is 2.34. The maximum absolute atomic E-state index is 13.3. The monoisotopic (exact) mass is 308 g/mol. The number of carbonyl (C=O) groups is 1. The van der Waals surface area contributed by atoms with Crippen LogP contribution in [0.1, 0.15) is 28.4 Å². The first-order valence-electron chi connectivity index (χ1n) is 6.44. The van der Waals surface area contributed by atoms with E-state index in [1.54, 1.807) is 30.3 Å². The summed E-state index contributed by atoms with van der Waals surface area (Å²) < 4.78 is 51.3. The van der Waals surface area contributed by atoms with Crippen molar-refractivity contribution in [3.05, 3.63) is 77.1 Å². The summed E-state index contributed by atoms with van der Waals surface area (Å²) in [6.45, 7) is 1.51. The Kier molecular flexibility index (Phi) is 4.45. The van der Waals surface area contributed by atoms with E-state index in [4.69, 9.17) is 0 Å². The van der Waals surface area contributed by atoms with Gasteiger partial charge in [-0.1, -0.05) is 36.4 Å². The standard InChI is InChI=1S/C17H12F4O/c1-11(9-16(22)12-5-3-2-4-6-12)13-7-8-15(18)14(10-13)17(19,20)21/h2-10H,1H3/b11-9+. The van der Waals surface area contributed by atoms with Crippen LogP contribution < -0.4 is 0 Å². The van der Waals surface area contributed by atoms with Crippen LogP contribution in [0.5, 0.6) is 0 Å². The summed E-state index contributed by atoms with van der Waals surface area (Å²) >= 11 is 0. The zero-order valence-corrected chi connectivity index (χ0v) is 11.6. The number of hydrogen-bond acceptors (Lipinski definition) is 1. The molecule has 0 N–H and O–H groups in total. The third kappa shape index (κ3) is 3.61. The number of halogens is 4. The van der Waals surface area contributed by atoms with E-state index in [0.29, 0.717) is 17.2 Å². The molecule has 0 aliphatic carbocycles. The average molecular weight is 308 g/mol. The number of hydrogen-bond donors (Lipinski definition) is 0. The molecule has 0 spiro atoms. The van der Waals surface area contributed by atoms with Gasteiger partial charge in [-0.3, -0.25) is 4.79 Å². The van der Waals surface area contributed by atoms with Crippen molar-refractivity contribution < 1.29 is 22.4 Å². The molecule has 22 heavy (non-hydrogen) atoms. The first-order chi connectivity index (χ1) is 10.3. The van der Waals surface area contributed by atoms with Crippen molar-refractivity contribution in [2.24, 2.45) is 0 Å². The molecule has 2 aromatic rings. The second kappa shape index (κ2) is 6.13. The van der Waals surface area contributed by atoms with E-state index in [2.05, 4.69) is 0 Å². The summed E-state index contributed by atoms with van der Waals surface area (Å²) in [5, 5.41) is 0. The lowest BCUT2D eigenvalue weighted by Gasteiger charge is -2.10. The molecule has 5 heteroatoms. The van der Waals surface area contributed by atoms with E-state index < -0.39 is 17.6 Å². The minimum absolute atomic E-state index is 0.151. The van der Waals surface area contributed by atoms with Crippen LogP contribution in [-0.4, -0.2) is 5.78 Å². The number of carbonyl (C=O) groups excluding carboxylic acids is 1. The molecule has 0 unspecified atom stereocenters. The highest BCUT2D eigenvalue weighted by Crippen LogP contribution is 2.33. The van der Waals surface area contributed by atoms with Crippen LogP contribution in [0.25, 0.3) is 5.57 Å². The molecule has 0 amide bonds. The van der Waals surface area contributed by atoms with E-state index in [1.807, 2.05) is 0 Å². The van der Waals surface area contributed by atoms with Crippen LogP contribution in [0.3, 0.4) is 0 Å². The highest BCUT2D eigenvalue weighted by molar-refractivity contribution is 6.08. The maximum Gasteiger partial charge on any atom is 0.419 e. The van der Waals surface area contributed by atoms with E-state index in [-0.39, 0.29) is 11.3 Å². The van der Waals surface area contributed by atoms with Gasteiger partial charge in [0.05, 0.1) is 5.56 Å². The van der Waals surface area contributed by atoms with Gasteiger partial charge < -0.3 is 0 Å². The summed E-state index contributed by atoms with van der Waals surface area (Å²) in [4.78, 5) is 12.0. The Morgan fingerprint density at radius 2 is 1.64 bits per heavy atom. The summed E-state index contributed by atoms with van der Waals surface area (Å²) in [6.07, 6.45) is -3.54. The van der Waals surface area contributed by atoms with Gasteiger partial charge in [-0.15, -0.1) is 0 Å². The second-order valence-electron chi connectivity index (χ2n) is 4.75. The molecule has 0 fully saturated rings. The third-order valence-corrected chi connectivity index (χ3v) is 3.13. The van der Waals surface area contributed by atoms with Crippen molar-refractivity contribution >= 4 is 11.4 Å². The topological polar surface area (TPSA) is 17.1 Å². The average Bonchev–Trinajstić information content (AvgIpc) is 2.47. The molecule has 0 radical (unpaired) electrons. The van der Waals surface area contributed by atoms with Crippen molar-refractivity contribution in [3.8, 4) is 0 Å². The Bertz CT molecular complexity index is 715. The molecule has 0 saturated heterocycles. The summed E-state index contributed by atoms with van der Waals surface area (Å²) in [5.41, 5.74) is -0.428. The molecule has 114 valence electrons. The number of allylic oxidation sites excluding steroid dienone is 2. The molecule has 0 aliphatic rings. The minimum atomic E-state index is -4.77. The van der Waals surface area contributed by atoms with Crippen LogP contribution in [0.15, 0.2) is 54.6 Å². The first-order valence-corrected chi connectivity index (χ1v) is 6.44. The quantitative estimate of drug-likeness (QED) is 0.436. The summed E-state index contributed by atoms with van der Waals surface area (Å²) in [7, 11) is 0. The fourth-order valence-electron chi connectivity index (χ4n) is 1.95. The lowest BCUT2D eigenvalue weighted by Crippen LogP contribution is -2.08. The predicted octanol–water partition coefficient (Wildman–Crippen LogP) is 5.13. The van der Waals surface area contributed by atoms with Crippen LogP contribution >= 0.6 is 0 Å². The van der Waals surface area contributed by atoms with E-state index >= 15 is 0 Å². The molecule has 2 rings (SSSR count). The lowest BCUT2D eigenvalue weighted by atomic mass is 10.0. The van der Waals surface area contributed by atoms with Crippen molar-refractivity contribution in [2.75, 3.05) is 0 Å². The lowest BCUT2D eigenvalue weighted by molar-refractivity contribution is -0.140. The number of ketones is 1. The molecular formula is C17H12F4O. The van der Waals surface area contributed by atoms with Gasteiger partial charge in [-0.05, 0) is 36.3 Å².